The number of nitrogens with one attached hydrogen (secondary N) is 1. The summed E-state index contributed by atoms with van der Waals surface area (Å²) in [4.78, 5) is 16.6. The molecular formula is C7H9F2N3O2. The van der Waals surface area contributed by atoms with Crippen molar-refractivity contribution in [2.24, 2.45) is 5.73 Å². The molecule has 0 radical (unpaired) electrons. The molecule has 1 aromatic rings. The average molecular weight is 205 g/mol. The van der Waals surface area contributed by atoms with Gasteiger partial charge in [-0.15, -0.1) is 0 Å². The third-order valence-corrected chi connectivity index (χ3v) is 1.83. The van der Waals surface area contributed by atoms with E-state index in [-0.39, 0.29) is 5.69 Å². The van der Waals surface area contributed by atoms with Gasteiger partial charge in [0.15, 0.2) is 5.54 Å². The summed E-state index contributed by atoms with van der Waals surface area (Å²) in [6.07, 6.45) is -1.10. The van der Waals surface area contributed by atoms with Gasteiger partial charge >= 0.3 is 5.97 Å². The quantitative estimate of drug-likeness (QED) is 0.645. The molecule has 0 amide bonds. The third kappa shape index (κ3) is 1.87. The molecule has 78 valence electrons. The van der Waals surface area contributed by atoms with Crippen molar-refractivity contribution in [2.75, 3.05) is 0 Å². The molecule has 1 atom stereocenters. The van der Waals surface area contributed by atoms with E-state index >= 15 is 0 Å². The Morgan fingerprint density at radius 1 is 1.79 bits per heavy atom. The topological polar surface area (TPSA) is 92.0 Å². The Balaban J connectivity index is 2.85. The summed E-state index contributed by atoms with van der Waals surface area (Å²) in [5.41, 5.74) is 2.77. The lowest BCUT2D eigenvalue weighted by molar-refractivity contribution is -0.149. The molecular weight excluding hydrogens is 196 g/mol. The SMILES string of the molecule is NC(Cc1cnc[nH]1)(C(=O)O)C(F)F. The van der Waals surface area contributed by atoms with Gasteiger partial charge in [0.25, 0.3) is 6.43 Å². The second kappa shape index (κ2) is 3.70. The monoisotopic (exact) mass is 205 g/mol. The molecule has 1 heterocycles. The molecule has 4 N–H and O–H groups in total. The normalized spacial score (nSPS) is 15.4. The number of nitrogens with two attached hydrogens (primary N) is 1. The second-order valence-electron chi connectivity index (χ2n) is 2.90. The number of rotatable bonds is 4. The fourth-order valence-electron chi connectivity index (χ4n) is 0.943. The first-order valence-electron chi connectivity index (χ1n) is 3.74. The van der Waals surface area contributed by atoms with Crippen LogP contribution in [0.25, 0.3) is 0 Å². The second-order valence-corrected chi connectivity index (χ2v) is 2.90. The number of aromatic amines is 1. The number of carbonyl (C=O) groups is 1. The van der Waals surface area contributed by atoms with Crippen LogP contribution in [0.15, 0.2) is 12.5 Å². The summed E-state index contributed by atoms with van der Waals surface area (Å²) in [7, 11) is 0. The Bertz CT molecular complexity index is 315. The van der Waals surface area contributed by atoms with Gasteiger partial charge in [0.05, 0.1) is 6.33 Å². The van der Waals surface area contributed by atoms with Gasteiger partial charge < -0.3 is 15.8 Å². The Morgan fingerprint density at radius 3 is 2.79 bits per heavy atom. The number of H-pyrrole nitrogens is 1. The smallest absolute Gasteiger partial charge is 0.330 e. The number of carboxylic acid groups (broad SMARTS) is 1. The molecule has 0 spiro atoms. The number of halogens is 2. The molecule has 14 heavy (non-hydrogen) atoms. The highest BCUT2D eigenvalue weighted by Crippen LogP contribution is 2.17. The Labute approximate surface area is 77.9 Å². The third-order valence-electron chi connectivity index (χ3n) is 1.83. The van der Waals surface area contributed by atoms with Crippen molar-refractivity contribution in [3.05, 3.63) is 18.2 Å². The molecule has 0 bridgehead atoms. The van der Waals surface area contributed by atoms with E-state index in [4.69, 9.17) is 10.8 Å². The van der Waals surface area contributed by atoms with Gasteiger partial charge in [0.2, 0.25) is 0 Å². The van der Waals surface area contributed by atoms with Gasteiger partial charge in [0.1, 0.15) is 0 Å². The summed E-state index contributed by atoms with van der Waals surface area (Å²) >= 11 is 0. The number of aromatic nitrogens is 2. The van der Waals surface area contributed by atoms with Crippen LogP contribution in [-0.2, 0) is 11.2 Å². The fourth-order valence-corrected chi connectivity index (χ4v) is 0.943. The van der Waals surface area contributed by atoms with Gasteiger partial charge in [-0.05, 0) is 0 Å². The fraction of sp³-hybridized carbons (Fsp3) is 0.429. The molecule has 0 aliphatic rings. The molecule has 7 heteroatoms. The van der Waals surface area contributed by atoms with Crippen LogP contribution in [0.1, 0.15) is 5.69 Å². The van der Waals surface area contributed by atoms with Crippen LogP contribution in [0.5, 0.6) is 0 Å². The van der Waals surface area contributed by atoms with E-state index in [9.17, 15) is 13.6 Å². The first kappa shape index (κ1) is 10.6. The van der Waals surface area contributed by atoms with E-state index in [1.807, 2.05) is 0 Å². The summed E-state index contributed by atoms with van der Waals surface area (Å²) in [6, 6.07) is 0. The van der Waals surface area contributed by atoms with Gasteiger partial charge in [-0.25, -0.2) is 18.6 Å². The Morgan fingerprint density at radius 2 is 2.43 bits per heavy atom. The average Bonchev–Trinajstić information content (AvgIpc) is 2.55. The Hall–Kier alpha value is -1.50. The molecule has 5 nitrogen and oxygen atoms in total. The summed E-state index contributed by atoms with van der Waals surface area (Å²) < 4.78 is 24.8. The van der Waals surface area contributed by atoms with Crippen molar-refractivity contribution in [3.63, 3.8) is 0 Å². The van der Waals surface area contributed by atoms with E-state index in [1.54, 1.807) is 0 Å². The summed E-state index contributed by atoms with van der Waals surface area (Å²) in [5, 5.41) is 8.56. The maximum Gasteiger partial charge on any atom is 0.330 e. The van der Waals surface area contributed by atoms with E-state index in [0.717, 1.165) is 0 Å². The predicted molar refractivity (Wildman–Crippen MR) is 42.8 cm³/mol. The predicted octanol–water partition coefficient (Wildman–Crippen LogP) is -0.000600. The zero-order chi connectivity index (χ0) is 10.8. The van der Waals surface area contributed by atoms with Gasteiger partial charge in [-0.2, -0.15) is 0 Å². The van der Waals surface area contributed by atoms with E-state index in [1.165, 1.54) is 12.5 Å². The highest BCUT2D eigenvalue weighted by Gasteiger charge is 2.44. The first-order chi connectivity index (χ1) is 6.47. The molecule has 0 fully saturated rings. The minimum atomic E-state index is -3.14. The van der Waals surface area contributed by atoms with Crippen LogP contribution >= 0.6 is 0 Å². The lowest BCUT2D eigenvalue weighted by Crippen LogP contribution is -2.56. The van der Waals surface area contributed by atoms with Crippen molar-refractivity contribution in [2.45, 2.75) is 18.4 Å². The van der Waals surface area contributed by atoms with E-state index < -0.39 is 24.4 Å². The molecule has 0 saturated carbocycles. The number of hydrogen-bond donors (Lipinski definition) is 3. The number of aliphatic carboxylic acids is 1. The molecule has 0 aliphatic heterocycles. The molecule has 1 aromatic heterocycles. The van der Waals surface area contributed by atoms with Crippen LogP contribution in [0.3, 0.4) is 0 Å². The number of imidazole rings is 1. The highest BCUT2D eigenvalue weighted by molar-refractivity contribution is 5.79. The number of hydrogen-bond acceptors (Lipinski definition) is 3. The summed E-state index contributed by atoms with van der Waals surface area (Å²) in [6.45, 7) is 0. The van der Waals surface area contributed by atoms with Gasteiger partial charge in [-0.3, -0.25) is 0 Å². The van der Waals surface area contributed by atoms with Crippen LogP contribution in [-0.4, -0.2) is 33.0 Å². The molecule has 1 unspecified atom stereocenters. The van der Waals surface area contributed by atoms with Crippen LogP contribution in [0.2, 0.25) is 0 Å². The minimum Gasteiger partial charge on any atom is -0.480 e. The zero-order valence-corrected chi connectivity index (χ0v) is 7.08. The van der Waals surface area contributed by atoms with Crippen molar-refractivity contribution in [1.29, 1.82) is 0 Å². The standard InChI is InChI=1S/C7H9F2N3O2/c8-5(9)7(10,6(13)14)1-4-2-11-3-12-4/h2-3,5H,1,10H2,(H,11,12)(H,13,14). The van der Waals surface area contributed by atoms with Crippen molar-refractivity contribution < 1.29 is 18.7 Å². The zero-order valence-electron chi connectivity index (χ0n) is 7.08. The molecule has 0 aliphatic carbocycles. The summed E-state index contributed by atoms with van der Waals surface area (Å²) in [5.74, 6) is -1.73. The minimum absolute atomic E-state index is 0.259. The van der Waals surface area contributed by atoms with Gasteiger partial charge in [-0.1, -0.05) is 0 Å². The maximum absolute atomic E-state index is 12.4. The molecule has 0 saturated heterocycles. The van der Waals surface area contributed by atoms with Crippen molar-refractivity contribution >= 4 is 5.97 Å². The largest absolute Gasteiger partial charge is 0.480 e. The number of alkyl halides is 2. The number of nitrogens with zero attached hydrogens (tertiary/aromatic N) is 1. The lowest BCUT2D eigenvalue weighted by atomic mass is 9.96. The number of carboxylic acids is 1. The highest BCUT2D eigenvalue weighted by atomic mass is 19.3. The van der Waals surface area contributed by atoms with Crippen molar-refractivity contribution in [1.82, 2.24) is 9.97 Å². The Kier molecular flexibility index (Phi) is 2.80. The molecule has 1 rings (SSSR count). The lowest BCUT2D eigenvalue weighted by Gasteiger charge is -2.22. The first-order valence-corrected chi connectivity index (χ1v) is 3.74. The van der Waals surface area contributed by atoms with Crippen LogP contribution in [0, 0.1) is 0 Å². The maximum atomic E-state index is 12.4. The van der Waals surface area contributed by atoms with E-state index in [0.29, 0.717) is 0 Å². The van der Waals surface area contributed by atoms with Crippen molar-refractivity contribution in [3.8, 4) is 0 Å². The molecule has 0 aromatic carbocycles. The van der Waals surface area contributed by atoms with E-state index in [2.05, 4.69) is 9.97 Å². The van der Waals surface area contributed by atoms with Gasteiger partial charge in [0, 0.05) is 18.3 Å². The van der Waals surface area contributed by atoms with Crippen LogP contribution < -0.4 is 5.73 Å². The van der Waals surface area contributed by atoms with Crippen LogP contribution in [0.4, 0.5) is 8.78 Å².